The Bertz CT molecular complexity index is 772. The number of hydrogen-bond donors (Lipinski definition) is 2. The zero-order valence-electron chi connectivity index (χ0n) is 17.9. The maximum absolute atomic E-state index is 4.90. The average molecular weight is 510 g/mol. The standard InChI is InChI=1S/C22H34N6.HI/c1-4-21-27-25-16-28(21)14-13-23-22(26-20-12-8-6-10-18(20)3)24-15-19-11-7-5-9-17(19)2;/h5,7,9,11,16,18,20H,4,6,8,10,12-15H2,1-3H3,(H2,23,24,26);1H. The maximum atomic E-state index is 4.90. The fourth-order valence-electron chi connectivity index (χ4n) is 3.84. The lowest BCUT2D eigenvalue weighted by atomic mass is 9.86. The first-order valence-electron chi connectivity index (χ1n) is 10.6. The number of aliphatic imine (C=N–C) groups is 1. The molecule has 7 heteroatoms. The van der Waals surface area contributed by atoms with E-state index in [2.05, 4.69) is 70.4 Å². The van der Waals surface area contributed by atoms with Crippen molar-refractivity contribution < 1.29 is 0 Å². The van der Waals surface area contributed by atoms with Crippen LogP contribution in [0.5, 0.6) is 0 Å². The van der Waals surface area contributed by atoms with Gasteiger partial charge in [-0.25, -0.2) is 4.99 Å². The van der Waals surface area contributed by atoms with Gasteiger partial charge in [0.15, 0.2) is 5.96 Å². The smallest absolute Gasteiger partial charge is 0.191 e. The van der Waals surface area contributed by atoms with E-state index in [1.165, 1.54) is 36.8 Å². The van der Waals surface area contributed by atoms with Gasteiger partial charge < -0.3 is 15.2 Å². The largest absolute Gasteiger partial charge is 0.355 e. The number of hydrogen-bond acceptors (Lipinski definition) is 3. The predicted molar refractivity (Wildman–Crippen MR) is 130 cm³/mol. The molecule has 1 heterocycles. The molecule has 2 N–H and O–H groups in total. The number of nitrogens with zero attached hydrogens (tertiary/aromatic N) is 4. The van der Waals surface area contributed by atoms with Crippen LogP contribution < -0.4 is 10.6 Å². The molecule has 6 nitrogen and oxygen atoms in total. The number of benzene rings is 1. The van der Waals surface area contributed by atoms with Gasteiger partial charge in [0.05, 0.1) is 6.54 Å². The van der Waals surface area contributed by atoms with E-state index < -0.39 is 0 Å². The Kier molecular flexibility index (Phi) is 9.90. The monoisotopic (exact) mass is 510 g/mol. The Morgan fingerprint density at radius 2 is 2.03 bits per heavy atom. The van der Waals surface area contributed by atoms with Crippen molar-refractivity contribution in [1.29, 1.82) is 0 Å². The number of nitrogens with one attached hydrogen (secondary N) is 2. The Labute approximate surface area is 192 Å². The van der Waals surface area contributed by atoms with E-state index in [0.29, 0.717) is 18.5 Å². The zero-order chi connectivity index (χ0) is 19.8. The van der Waals surface area contributed by atoms with E-state index in [-0.39, 0.29) is 24.0 Å². The summed E-state index contributed by atoms with van der Waals surface area (Å²) >= 11 is 0. The van der Waals surface area contributed by atoms with Gasteiger partial charge in [0.2, 0.25) is 0 Å². The summed E-state index contributed by atoms with van der Waals surface area (Å²) in [5.74, 6) is 2.62. The fraction of sp³-hybridized carbons (Fsp3) is 0.591. The van der Waals surface area contributed by atoms with E-state index in [0.717, 1.165) is 31.3 Å². The van der Waals surface area contributed by atoms with E-state index >= 15 is 0 Å². The lowest BCUT2D eigenvalue weighted by Gasteiger charge is -2.31. The van der Waals surface area contributed by atoms with Crippen LogP contribution in [0.15, 0.2) is 35.6 Å². The number of aryl methyl sites for hydroxylation is 2. The van der Waals surface area contributed by atoms with Gasteiger partial charge >= 0.3 is 0 Å². The van der Waals surface area contributed by atoms with Gasteiger partial charge in [-0.1, -0.05) is 51.0 Å². The first-order chi connectivity index (χ1) is 13.7. The second-order valence-corrected chi connectivity index (χ2v) is 7.82. The van der Waals surface area contributed by atoms with Gasteiger partial charge in [0, 0.05) is 25.6 Å². The molecule has 1 aliphatic rings. The molecular weight excluding hydrogens is 475 g/mol. The summed E-state index contributed by atoms with van der Waals surface area (Å²) < 4.78 is 2.11. The Morgan fingerprint density at radius 3 is 2.79 bits per heavy atom. The van der Waals surface area contributed by atoms with E-state index in [1.807, 2.05) is 0 Å². The summed E-state index contributed by atoms with van der Waals surface area (Å²) in [6.45, 7) is 8.92. The number of rotatable bonds is 7. The van der Waals surface area contributed by atoms with Crippen LogP contribution in [0, 0.1) is 12.8 Å². The van der Waals surface area contributed by atoms with Crippen LogP contribution in [-0.4, -0.2) is 33.3 Å². The first-order valence-corrected chi connectivity index (χ1v) is 10.6. The van der Waals surface area contributed by atoms with Crippen molar-refractivity contribution in [3.63, 3.8) is 0 Å². The third-order valence-corrected chi connectivity index (χ3v) is 5.76. The molecule has 1 saturated carbocycles. The third-order valence-electron chi connectivity index (χ3n) is 5.76. The van der Waals surface area contributed by atoms with Gasteiger partial charge in [-0.05, 0) is 36.8 Å². The Balaban J connectivity index is 0.00000300. The molecule has 0 aliphatic heterocycles. The van der Waals surface area contributed by atoms with E-state index in [4.69, 9.17) is 4.99 Å². The minimum absolute atomic E-state index is 0. The van der Waals surface area contributed by atoms with E-state index in [9.17, 15) is 0 Å². The van der Waals surface area contributed by atoms with Crippen LogP contribution in [0.25, 0.3) is 0 Å². The van der Waals surface area contributed by atoms with Gasteiger partial charge in [0.1, 0.15) is 12.2 Å². The fourth-order valence-corrected chi connectivity index (χ4v) is 3.84. The molecule has 0 radical (unpaired) electrons. The van der Waals surface area contributed by atoms with Crippen molar-refractivity contribution in [3.8, 4) is 0 Å². The van der Waals surface area contributed by atoms with E-state index in [1.54, 1.807) is 6.33 Å². The molecule has 29 heavy (non-hydrogen) atoms. The van der Waals surface area contributed by atoms with Gasteiger partial charge in [-0.3, -0.25) is 0 Å². The van der Waals surface area contributed by atoms with Crippen LogP contribution in [0.3, 0.4) is 0 Å². The lowest BCUT2D eigenvalue weighted by molar-refractivity contribution is 0.306. The summed E-state index contributed by atoms with van der Waals surface area (Å²) in [6.07, 6.45) is 7.86. The summed E-state index contributed by atoms with van der Waals surface area (Å²) in [7, 11) is 0. The topological polar surface area (TPSA) is 67.1 Å². The van der Waals surface area contributed by atoms with Crippen molar-refractivity contribution in [3.05, 3.63) is 47.5 Å². The van der Waals surface area contributed by atoms with Crippen LogP contribution in [-0.2, 0) is 19.5 Å². The Morgan fingerprint density at radius 1 is 1.24 bits per heavy atom. The molecule has 1 aromatic heterocycles. The highest BCUT2D eigenvalue weighted by molar-refractivity contribution is 14.0. The van der Waals surface area contributed by atoms with Crippen molar-refractivity contribution in [2.75, 3.05) is 6.54 Å². The summed E-state index contributed by atoms with van der Waals surface area (Å²) in [6, 6.07) is 8.96. The second-order valence-electron chi connectivity index (χ2n) is 7.82. The van der Waals surface area contributed by atoms with Gasteiger partial charge in [-0.15, -0.1) is 34.2 Å². The van der Waals surface area contributed by atoms with Crippen molar-refractivity contribution in [1.82, 2.24) is 25.4 Å². The highest BCUT2D eigenvalue weighted by atomic mass is 127. The normalized spacial score (nSPS) is 19.5. The highest BCUT2D eigenvalue weighted by Gasteiger charge is 2.22. The Hall–Kier alpha value is -1.64. The minimum atomic E-state index is 0. The molecule has 0 amide bonds. The van der Waals surface area contributed by atoms with Crippen molar-refractivity contribution in [2.24, 2.45) is 10.9 Å². The number of aromatic nitrogens is 3. The molecule has 2 unspecified atom stereocenters. The molecule has 0 saturated heterocycles. The second kappa shape index (κ2) is 12.1. The molecule has 3 rings (SSSR count). The van der Waals surface area contributed by atoms with Gasteiger partial charge in [-0.2, -0.15) is 0 Å². The summed E-state index contributed by atoms with van der Waals surface area (Å²) in [5, 5.41) is 15.4. The molecule has 2 aromatic rings. The molecule has 1 fully saturated rings. The quantitative estimate of drug-likeness (QED) is 0.335. The van der Waals surface area contributed by atoms with Crippen molar-refractivity contribution >= 4 is 29.9 Å². The molecular formula is C22H35IN6. The lowest BCUT2D eigenvalue weighted by Crippen LogP contribution is -2.47. The maximum Gasteiger partial charge on any atom is 0.191 e. The first kappa shape index (κ1) is 23.6. The number of guanidine groups is 1. The minimum Gasteiger partial charge on any atom is -0.355 e. The molecule has 2 atom stereocenters. The third kappa shape index (κ3) is 6.97. The zero-order valence-corrected chi connectivity index (χ0v) is 20.2. The molecule has 1 aliphatic carbocycles. The van der Waals surface area contributed by atoms with Crippen LogP contribution >= 0.6 is 24.0 Å². The van der Waals surface area contributed by atoms with Crippen LogP contribution in [0.1, 0.15) is 56.5 Å². The molecule has 160 valence electrons. The average Bonchev–Trinajstić information content (AvgIpc) is 3.16. The van der Waals surface area contributed by atoms with Crippen molar-refractivity contribution in [2.45, 2.75) is 72.0 Å². The number of halogens is 1. The molecule has 0 bridgehead atoms. The SMILES string of the molecule is CCc1nncn1CCNC(=NCc1ccccc1C)NC1CCCCC1C.I. The highest BCUT2D eigenvalue weighted by Crippen LogP contribution is 2.23. The molecule has 1 aromatic carbocycles. The summed E-state index contributed by atoms with van der Waals surface area (Å²) in [4.78, 5) is 4.90. The predicted octanol–water partition coefficient (Wildman–Crippen LogP) is 4.08. The molecule has 0 spiro atoms. The van der Waals surface area contributed by atoms with Crippen LogP contribution in [0.2, 0.25) is 0 Å². The van der Waals surface area contributed by atoms with Crippen LogP contribution in [0.4, 0.5) is 0 Å². The summed E-state index contributed by atoms with van der Waals surface area (Å²) in [5.41, 5.74) is 2.56. The van der Waals surface area contributed by atoms with Gasteiger partial charge in [0.25, 0.3) is 0 Å².